The highest BCUT2D eigenvalue weighted by molar-refractivity contribution is 5.30. The molecule has 1 heterocycles. The summed E-state index contributed by atoms with van der Waals surface area (Å²) in [6.45, 7) is 4.23. The molecule has 19 heavy (non-hydrogen) atoms. The third kappa shape index (κ3) is 2.90. The van der Waals surface area contributed by atoms with E-state index in [1.165, 1.54) is 16.8 Å². The fourth-order valence-electron chi connectivity index (χ4n) is 2.48. The van der Waals surface area contributed by atoms with Crippen molar-refractivity contribution in [3.63, 3.8) is 0 Å². The van der Waals surface area contributed by atoms with Crippen molar-refractivity contribution < 1.29 is 0 Å². The molecular formula is C17H22N2. The van der Waals surface area contributed by atoms with Crippen LogP contribution in [0.3, 0.4) is 0 Å². The molecule has 0 fully saturated rings. The Labute approximate surface area is 116 Å². The second kappa shape index (κ2) is 5.79. The highest BCUT2D eigenvalue weighted by Gasteiger charge is 2.19. The summed E-state index contributed by atoms with van der Waals surface area (Å²) in [5.41, 5.74) is 3.89. The second-order valence-corrected chi connectivity index (χ2v) is 5.06. The summed E-state index contributed by atoms with van der Waals surface area (Å²) >= 11 is 0. The molecule has 2 aromatic rings. The lowest BCUT2D eigenvalue weighted by molar-refractivity contribution is 0.438. The first kappa shape index (κ1) is 13.5. The summed E-state index contributed by atoms with van der Waals surface area (Å²) in [5, 5.41) is 0. The molecule has 0 saturated heterocycles. The largest absolute Gasteiger partial charge is 0.379 e. The monoisotopic (exact) mass is 254 g/mol. The molecule has 0 aliphatic heterocycles. The minimum absolute atomic E-state index is 0.231. The number of likely N-dealkylation sites (N-methyl/N-ethyl adjacent to an activating group) is 1. The summed E-state index contributed by atoms with van der Waals surface area (Å²) in [6.07, 6.45) is 6.54. The zero-order chi connectivity index (χ0) is 13.8. The molecule has 0 aliphatic rings. The van der Waals surface area contributed by atoms with E-state index in [9.17, 15) is 0 Å². The molecule has 0 aliphatic carbocycles. The lowest BCUT2D eigenvalue weighted by Crippen LogP contribution is -2.22. The first-order valence-corrected chi connectivity index (χ1v) is 6.66. The van der Waals surface area contributed by atoms with Crippen LogP contribution in [-0.4, -0.2) is 23.6 Å². The van der Waals surface area contributed by atoms with Crippen molar-refractivity contribution in [2.45, 2.75) is 19.9 Å². The molecule has 1 aromatic carbocycles. The van der Waals surface area contributed by atoms with Crippen LogP contribution in [0, 0.1) is 6.92 Å². The van der Waals surface area contributed by atoms with Crippen molar-refractivity contribution in [1.29, 1.82) is 0 Å². The van der Waals surface area contributed by atoms with Crippen LogP contribution < -0.4 is 0 Å². The first-order valence-electron chi connectivity index (χ1n) is 6.66. The Kier molecular flexibility index (Phi) is 4.10. The maximum absolute atomic E-state index is 2.28. The Morgan fingerprint density at radius 1 is 1.16 bits per heavy atom. The normalized spacial score (nSPS) is 13.4. The van der Waals surface area contributed by atoms with Gasteiger partial charge in [-0.3, -0.25) is 0 Å². The average molecular weight is 254 g/mol. The smallest absolute Gasteiger partial charge is 0.0976 e. The Hall–Kier alpha value is -1.96. The van der Waals surface area contributed by atoms with E-state index in [-0.39, 0.29) is 6.04 Å². The van der Waals surface area contributed by atoms with Gasteiger partial charge in [-0.25, -0.2) is 0 Å². The van der Waals surface area contributed by atoms with E-state index >= 15 is 0 Å². The molecule has 1 aromatic heterocycles. The molecule has 0 radical (unpaired) electrons. The Balaban J connectivity index is 2.51. The van der Waals surface area contributed by atoms with E-state index in [0.717, 1.165) is 0 Å². The van der Waals surface area contributed by atoms with Crippen molar-refractivity contribution in [3.8, 4) is 0 Å². The number of allylic oxidation sites excluding steroid dienone is 2. The van der Waals surface area contributed by atoms with Crippen LogP contribution in [0.1, 0.15) is 24.1 Å². The summed E-state index contributed by atoms with van der Waals surface area (Å²) in [5.74, 6) is 0. The highest BCUT2D eigenvalue weighted by Crippen LogP contribution is 2.28. The van der Waals surface area contributed by atoms with Crippen LogP contribution in [0.4, 0.5) is 0 Å². The van der Waals surface area contributed by atoms with Gasteiger partial charge in [0.2, 0.25) is 0 Å². The highest BCUT2D eigenvalue weighted by atomic mass is 15.1. The van der Waals surface area contributed by atoms with Gasteiger partial charge in [-0.15, -0.1) is 0 Å². The van der Waals surface area contributed by atoms with Crippen LogP contribution in [0.2, 0.25) is 0 Å². The average Bonchev–Trinajstić information content (AvgIpc) is 2.82. The van der Waals surface area contributed by atoms with Gasteiger partial charge in [0, 0.05) is 32.2 Å². The van der Waals surface area contributed by atoms with Crippen molar-refractivity contribution in [1.82, 2.24) is 9.47 Å². The lowest BCUT2D eigenvalue weighted by Gasteiger charge is -2.28. The maximum atomic E-state index is 2.28. The standard InChI is InChI=1S/C17H22N2/c1-5-16(18(3)4)17(15-9-7-6-8-10-15)19-12-11-14(2)13-19/h5-13,17H,1-4H3/b16-5-. The molecule has 0 amide bonds. The number of nitrogens with zero attached hydrogens (tertiary/aromatic N) is 2. The summed E-state index contributed by atoms with van der Waals surface area (Å²) in [7, 11) is 4.20. The van der Waals surface area contributed by atoms with Crippen molar-refractivity contribution >= 4 is 0 Å². The molecule has 100 valence electrons. The topological polar surface area (TPSA) is 8.17 Å². The molecule has 0 N–H and O–H groups in total. The van der Waals surface area contributed by atoms with Gasteiger partial charge in [-0.05, 0) is 31.0 Å². The van der Waals surface area contributed by atoms with Crippen molar-refractivity contribution in [3.05, 3.63) is 71.7 Å². The zero-order valence-corrected chi connectivity index (χ0v) is 12.2. The van der Waals surface area contributed by atoms with Gasteiger partial charge >= 0.3 is 0 Å². The van der Waals surface area contributed by atoms with Gasteiger partial charge in [0.1, 0.15) is 0 Å². The van der Waals surface area contributed by atoms with Crippen molar-refractivity contribution in [2.75, 3.05) is 14.1 Å². The van der Waals surface area contributed by atoms with Crippen LogP contribution in [0.25, 0.3) is 0 Å². The fraction of sp³-hybridized carbons (Fsp3) is 0.294. The molecule has 1 atom stereocenters. The third-order valence-corrected chi connectivity index (χ3v) is 3.37. The molecule has 1 unspecified atom stereocenters. The first-order chi connectivity index (χ1) is 9.13. The van der Waals surface area contributed by atoms with Crippen LogP contribution >= 0.6 is 0 Å². The molecule has 2 heteroatoms. The number of benzene rings is 1. The Bertz CT molecular complexity index is 550. The van der Waals surface area contributed by atoms with E-state index in [1.807, 2.05) is 0 Å². The molecule has 0 saturated carbocycles. The van der Waals surface area contributed by atoms with E-state index < -0.39 is 0 Å². The number of aromatic nitrogens is 1. The van der Waals surface area contributed by atoms with Crippen LogP contribution in [0.5, 0.6) is 0 Å². The van der Waals surface area contributed by atoms with Gasteiger partial charge in [-0.1, -0.05) is 36.4 Å². The van der Waals surface area contributed by atoms with E-state index in [2.05, 4.69) is 92.3 Å². The van der Waals surface area contributed by atoms with E-state index in [4.69, 9.17) is 0 Å². The van der Waals surface area contributed by atoms with Crippen LogP contribution in [0.15, 0.2) is 60.6 Å². The van der Waals surface area contributed by atoms with Crippen molar-refractivity contribution in [2.24, 2.45) is 0 Å². The maximum Gasteiger partial charge on any atom is 0.0976 e. The Morgan fingerprint density at radius 3 is 2.32 bits per heavy atom. The Morgan fingerprint density at radius 2 is 1.84 bits per heavy atom. The number of rotatable bonds is 4. The number of hydrogen-bond donors (Lipinski definition) is 0. The SMILES string of the molecule is C/C=C(/C(c1ccccc1)n1ccc(C)c1)N(C)C. The van der Waals surface area contributed by atoms with E-state index in [1.54, 1.807) is 0 Å². The summed E-state index contributed by atoms with van der Waals surface area (Å²) < 4.78 is 2.28. The van der Waals surface area contributed by atoms with Gasteiger partial charge in [0.15, 0.2) is 0 Å². The summed E-state index contributed by atoms with van der Waals surface area (Å²) in [6, 6.07) is 13.0. The third-order valence-electron chi connectivity index (χ3n) is 3.37. The van der Waals surface area contributed by atoms with Gasteiger partial charge in [0.25, 0.3) is 0 Å². The van der Waals surface area contributed by atoms with Gasteiger partial charge in [0.05, 0.1) is 6.04 Å². The predicted octanol–water partition coefficient (Wildman–Crippen LogP) is 3.85. The van der Waals surface area contributed by atoms with E-state index in [0.29, 0.717) is 0 Å². The molecule has 0 spiro atoms. The van der Waals surface area contributed by atoms with Crippen LogP contribution in [-0.2, 0) is 0 Å². The minimum atomic E-state index is 0.231. The molecule has 0 bridgehead atoms. The molecular weight excluding hydrogens is 232 g/mol. The second-order valence-electron chi connectivity index (χ2n) is 5.06. The number of aryl methyl sites for hydroxylation is 1. The minimum Gasteiger partial charge on any atom is -0.379 e. The zero-order valence-electron chi connectivity index (χ0n) is 12.2. The van der Waals surface area contributed by atoms with Gasteiger partial charge < -0.3 is 9.47 Å². The number of hydrogen-bond acceptors (Lipinski definition) is 1. The van der Waals surface area contributed by atoms with Gasteiger partial charge in [-0.2, -0.15) is 0 Å². The molecule has 2 rings (SSSR count). The molecule has 2 nitrogen and oxygen atoms in total. The summed E-state index contributed by atoms with van der Waals surface area (Å²) in [4.78, 5) is 2.19. The lowest BCUT2D eigenvalue weighted by atomic mass is 10.0. The fourth-order valence-corrected chi connectivity index (χ4v) is 2.48. The predicted molar refractivity (Wildman–Crippen MR) is 81.2 cm³/mol. The quantitative estimate of drug-likeness (QED) is 0.804.